The van der Waals surface area contributed by atoms with Crippen molar-refractivity contribution in [3.05, 3.63) is 69.9 Å². The monoisotopic (exact) mass is 599 g/mol. The summed E-state index contributed by atoms with van der Waals surface area (Å²) in [6.45, 7) is 18.1. The summed E-state index contributed by atoms with van der Waals surface area (Å²) in [7, 11) is 0. The largest absolute Gasteiger partial charge is 0.460 e. The van der Waals surface area contributed by atoms with Crippen molar-refractivity contribution in [2.24, 2.45) is 0 Å². The van der Waals surface area contributed by atoms with Gasteiger partial charge in [-0.25, -0.2) is 0 Å². The first-order valence-electron chi connectivity index (χ1n) is 15.3. The molecule has 0 aromatic carbocycles. The number of allylic oxidation sites excluding steroid dienone is 9. The fourth-order valence-corrected chi connectivity index (χ4v) is 3.75. The third-order valence-corrected chi connectivity index (χ3v) is 6.36. The number of nitrogens with zero attached hydrogens (tertiary/aromatic N) is 1. The molecule has 242 valence electrons. The van der Waals surface area contributed by atoms with Crippen LogP contribution in [0.2, 0.25) is 0 Å². The van der Waals surface area contributed by atoms with Crippen molar-refractivity contribution in [2.45, 2.75) is 101 Å². The molecular formula is C36H57NO6. The minimum absolute atomic E-state index is 0.135. The molecule has 0 aliphatic rings. The standard InChI is InChI=1S/C36H57NO6/c1-28(2)13-10-16-31(7)19-22-41-34(38)25-37(26-35(39)42-23-20-32(8)17-11-14-29(3)4)27-36(40)43-24-21-33(9)18-12-15-30(5)6/h13-15,19-21H,10-12,16-18,22-27H2,1-9H3/b31-19+,32-20+,33-21+. The molecule has 43 heavy (non-hydrogen) atoms. The first kappa shape index (κ1) is 39.8. The highest BCUT2D eigenvalue weighted by atomic mass is 16.5. The molecule has 0 aliphatic carbocycles. The lowest BCUT2D eigenvalue weighted by Gasteiger charge is -2.19. The Labute approximate surface area is 261 Å². The van der Waals surface area contributed by atoms with Crippen LogP contribution < -0.4 is 0 Å². The SMILES string of the molecule is CC(C)=CCC/C(C)=C/COC(=O)CN(CC(=O)OC/C=C(\C)CCC=C(C)C)CC(=O)OC/C=C(\C)CCC=C(C)C. The van der Waals surface area contributed by atoms with E-state index in [1.54, 1.807) is 0 Å². The minimum atomic E-state index is -0.529. The summed E-state index contributed by atoms with van der Waals surface area (Å²) < 4.78 is 16.1. The molecule has 7 nitrogen and oxygen atoms in total. The Morgan fingerprint density at radius 1 is 0.442 bits per heavy atom. The van der Waals surface area contributed by atoms with Gasteiger partial charge in [0.15, 0.2) is 0 Å². The summed E-state index contributed by atoms with van der Waals surface area (Å²) in [6, 6.07) is 0. The van der Waals surface area contributed by atoms with Crippen LogP contribution in [-0.4, -0.2) is 62.3 Å². The number of hydrogen-bond donors (Lipinski definition) is 0. The van der Waals surface area contributed by atoms with Crippen LogP contribution in [-0.2, 0) is 28.6 Å². The Kier molecular flexibility index (Phi) is 22.5. The lowest BCUT2D eigenvalue weighted by atomic mass is 10.1. The summed E-state index contributed by atoms with van der Waals surface area (Å²) in [5, 5.41) is 0. The number of esters is 3. The first-order chi connectivity index (χ1) is 20.3. The molecule has 0 aromatic heterocycles. The highest BCUT2D eigenvalue weighted by molar-refractivity contribution is 5.78. The van der Waals surface area contributed by atoms with Gasteiger partial charge in [0, 0.05) is 0 Å². The van der Waals surface area contributed by atoms with Gasteiger partial charge in [-0.15, -0.1) is 0 Å². The molecular weight excluding hydrogens is 542 g/mol. The molecule has 0 saturated carbocycles. The average molecular weight is 600 g/mol. The topological polar surface area (TPSA) is 82.1 Å². The van der Waals surface area contributed by atoms with Gasteiger partial charge in [0.25, 0.3) is 0 Å². The number of carbonyl (C=O) groups is 3. The maximum absolute atomic E-state index is 12.6. The maximum atomic E-state index is 12.6. The van der Waals surface area contributed by atoms with Gasteiger partial charge in [-0.1, -0.05) is 51.7 Å². The van der Waals surface area contributed by atoms with E-state index in [4.69, 9.17) is 14.2 Å². The second-order valence-electron chi connectivity index (χ2n) is 11.8. The summed E-state index contributed by atoms with van der Waals surface area (Å²) in [5.74, 6) is -1.59. The van der Waals surface area contributed by atoms with Crippen LogP contribution in [0.3, 0.4) is 0 Å². The molecule has 0 aromatic rings. The van der Waals surface area contributed by atoms with Gasteiger partial charge < -0.3 is 14.2 Å². The first-order valence-corrected chi connectivity index (χ1v) is 15.3. The van der Waals surface area contributed by atoms with Crippen LogP contribution in [0, 0.1) is 0 Å². The van der Waals surface area contributed by atoms with E-state index in [0.29, 0.717) is 0 Å². The Balaban J connectivity index is 5.06. The van der Waals surface area contributed by atoms with Crippen molar-refractivity contribution < 1.29 is 28.6 Å². The molecule has 0 bridgehead atoms. The van der Waals surface area contributed by atoms with Crippen LogP contribution in [0.5, 0.6) is 0 Å². The minimum Gasteiger partial charge on any atom is -0.460 e. The van der Waals surface area contributed by atoms with Gasteiger partial charge in [-0.2, -0.15) is 0 Å². The van der Waals surface area contributed by atoms with Crippen LogP contribution >= 0.6 is 0 Å². The van der Waals surface area contributed by atoms with E-state index in [9.17, 15) is 14.4 Å². The molecule has 0 atom stereocenters. The smallest absolute Gasteiger partial charge is 0.320 e. The highest BCUT2D eigenvalue weighted by Gasteiger charge is 2.20. The van der Waals surface area contributed by atoms with Crippen LogP contribution in [0.15, 0.2) is 69.9 Å². The average Bonchev–Trinajstić information content (AvgIpc) is 2.87. The quantitative estimate of drug-likeness (QED) is 0.0751. The summed E-state index contributed by atoms with van der Waals surface area (Å²) in [6.07, 6.45) is 17.6. The lowest BCUT2D eigenvalue weighted by molar-refractivity contribution is -0.150. The van der Waals surface area contributed by atoms with Crippen LogP contribution in [0.25, 0.3) is 0 Å². The molecule has 0 heterocycles. The van der Waals surface area contributed by atoms with Crippen molar-refractivity contribution >= 4 is 17.9 Å². The molecule has 0 fully saturated rings. The molecule has 0 N–H and O–H groups in total. The maximum Gasteiger partial charge on any atom is 0.320 e. The summed E-state index contributed by atoms with van der Waals surface area (Å²) in [4.78, 5) is 39.1. The predicted octanol–water partition coefficient (Wildman–Crippen LogP) is 8.00. The molecule has 0 aliphatic heterocycles. The van der Waals surface area contributed by atoms with E-state index >= 15 is 0 Å². The Bertz CT molecular complexity index is 912. The fourth-order valence-electron chi connectivity index (χ4n) is 3.75. The van der Waals surface area contributed by atoms with Gasteiger partial charge in [-0.3, -0.25) is 19.3 Å². The Hall–Kier alpha value is -3.19. The number of ether oxygens (including phenoxy) is 3. The van der Waals surface area contributed by atoms with Gasteiger partial charge in [0.2, 0.25) is 0 Å². The van der Waals surface area contributed by atoms with Crippen LogP contribution in [0.4, 0.5) is 0 Å². The predicted molar refractivity (Wildman–Crippen MR) is 177 cm³/mol. The second-order valence-corrected chi connectivity index (χ2v) is 11.8. The van der Waals surface area contributed by atoms with E-state index in [1.807, 2.05) is 39.0 Å². The Morgan fingerprint density at radius 2 is 0.698 bits per heavy atom. The molecule has 7 heteroatoms. The molecule has 0 rings (SSSR count). The molecule has 0 saturated heterocycles. The zero-order chi connectivity index (χ0) is 32.6. The van der Waals surface area contributed by atoms with E-state index in [1.165, 1.54) is 21.6 Å². The van der Waals surface area contributed by atoms with Crippen molar-refractivity contribution in [3.8, 4) is 0 Å². The van der Waals surface area contributed by atoms with Crippen molar-refractivity contribution in [1.82, 2.24) is 4.90 Å². The summed E-state index contributed by atoms with van der Waals surface area (Å²) in [5.41, 5.74) is 7.20. The number of rotatable bonds is 21. The molecule has 0 radical (unpaired) electrons. The highest BCUT2D eigenvalue weighted by Crippen LogP contribution is 2.09. The summed E-state index contributed by atoms with van der Waals surface area (Å²) >= 11 is 0. The number of hydrogen-bond acceptors (Lipinski definition) is 7. The van der Waals surface area contributed by atoms with Gasteiger partial charge in [0.1, 0.15) is 19.8 Å². The molecule has 0 amide bonds. The third-order valence-electron chi connectivity index (χ3n) is 6.36. The van der Waals surface area contributed by atoms with E-state index in [0.717, 1.165) is 55.2 Å². The van der Waals surface area contributed by atoms with E-state index in [-0.39, 0.29) is 39.5 Å². The van der Waals surface area contributed by atoms with Crippen molar-refractivity contribution in [2.75, 3.05) is 39.5 Å². The normalized spacial score (nSPS) is 12.0. The molecule has 0 unspecified atom stereocenters. The molecule has 0 spiro atoms. The fraction of sp³-hybridized carbons (Fsp3) is 0.583. The van der Waals surface area contributed by atoms with Crippen LogP contribution in [0.1, 0.15) is 101 Å². The number of carbonyl (C=O) groups excluding carboxylic acids is 3. The van der Waals surface area contributed by atoms with E-state index in [2.05, 4.69) is 59.8 Å². The zero-order valence-corrected chi connectivity index (χ0v) is 28.3. The van der Waals surface area contributed by atoms with Gasteiger partial charge in [0.05, 0.1) is 19.6 Å². The van der Waals surface area contributed by atoms with Gasteiger partial charge in [-0.05, 0) is 119 Å². The van der Waals surface area contributed by atoms with Crippen molar-refractivity contribution in [1.29, 1.82) is 0 Å². The Morgan fingerprint density at radius 3 is 0.930 bits per heavy atom. The lowest BCUT2D eigenvalue weighted by Crippen LogP contribution is -2.40. The van der Waals surface area contributed by atoms with Gasteiger partial charge >= 0.3 is 17.9 Å². The van der Waals surface area contributed by atoms with E-state index < -0.39 is 17.9 Å². The zero-order valence-electron chi connectivity index (χ0n) is 28.3. The second kappa shape index (κ2) is 24.3. The third kappa shape index (κ3) is 26.2. The van der Waals surface area contributed by atoms with Crippen molar-refractivity contribution in [3.63, 3.8) is 0 Å².